The molecule has 0 aliphatic carbocycles. The largest absolute Gasteiger partial charge is 0.379 e. The van der Waals surface area contributed by atoms with E-state index in [4.69, 9.17) is 18.9 Å². The number of amides is 4. The molecule has 2 rings (SSSR count). The van der Waals surface area contributed by atoms with Crippen molar-refractivity contribution < 1.29 is 38.1 Å². The van der Waals surface area contributed by atoms with Crippen LogP contribution in [0.1, 0.15) is 183 Å². The molecule has 0 spiro atoms. The second-order valence-electron chi connectivity index (χ2n) is 20.1. The summed E-state index contributed by atoms with van der Waals surface area (Å²) in [6.07, 6.45) is 24.1. The summed E-state index contributed by atoms with van der Waals surface area (Å²) in [5, 5.41) is 6.10. The molecule has 4 amide bonds. The van der Waals surface area contributed by atoms with Gasteiger partial charge in [-0.3, -0.25) is 29.0 Å². The van der Waals surface area contributed by atoms with Crippen LogP contribution < -0.4 is 10.6 Å². The first kappa shape index (κ1) is 61.8. The standard InChI is InChI=1S/C54H104N6O8/c1-7-9-11-13-15-17-19-21-23-27-49(61)59(33-25-31-57-35-41-67-42-36-57)51(47(3)4)53(63)55-29-39-65-45-46-66-40-30-56-54(64)52(48(5)6)60(34-26-32-58-37-43-68-44-38-58)50(62)28-24-22-20-18-16-14-12-10-8-2/h47-48,51-52H,7-46H2,1-6H3,(H,55,63)(H,56,64). The van der Waals surface area contributed by atoms with E-state index in [1.807, 2.05) is 37.5 Å². The lowest BCUT2D eigenvalue weighted by Crippen LogP contribution is -2.53. The number of morpholine rings is 2. The molecule has 0 saturated carbocycles. The van der Waals surface area contributed by atoms with Crippen LogP contribution in [0, 0.1) is 11.8 Å². The average Bonchev–Trinajstić information content (AvgIpc) is 3.33. The van der Waals surface area contributed by atoms with E-state index in [2.05, 4.69) is 34.3 Å². The SMILES string of the molecule is CCCCCCCCCCCC(=O)N(CCCN1CCOCC1)C(C(=O)NCCOCCOCCNC(=O)C(C(C)C)N(CCCN1CCOCC1)C(=O)CCCCCCCCCCC)C(C)C. The van der Waals surface area contributed by atoms with Gasteiger partial charge in [0.05, 0.1) is 52.9 Å². The van der Waals surface area contributed by atoms with E-state index in [-0.39, 0.29) is 35.5 Å². The van der Waals surface area contributed by atoms with Gasteiger partial charge >= 0.3 is 0 Å². The zero-order valence-electron chi connectivity index (χ0n) is 44.6. The van der Waals surface area contributed by atoms with Gasteiger partial charge in [0, 0.05) is 78.3 Å². The van der Waals surface area contributed by atoms with Gasteiger partial charge in [0.2, 0.25) is 23.6 Å². The van der Waals surface area contributed by atoms with Crippen molar-refractivity contribution in [2.45, 2.75) is 195 Å². The maximum absolute atomic E-state index is 13.8. The monoisotopic (exact) mass is 965 g/mol. The van der Waals surface area contributed by atoms with Gasteiger partial charge in [0.25, 0.3) is 0 Å². The first-order valence-corrected chi connectivity index (χ1v) is 28.0. The van der Waals surface area contributed by atoms with Crippen molar-refractivity contribution in [3.63, 3.8) is 0 Å². The van der Waals surface area contributed by atoms with Crippen LogP contribution in [0.5, 0.6) is 0 Å². The number of nitrogens with zero attached hydrogens (tertiary/aromatic N) is 4. The topological polar surface area (TPSA) is 142 Å². The van der Waals surface area contributed by atoms with Crippen LogP contribution in [-0.4, -0.2) is 174 Å². The Balaban J connectivity index is 1.79. The Kier molecular flexibility index (Phi) is 37.5. The second-order valence-corrected chi connectivity index (χ2v) is 20.1. The predicted molar refractivity (Wildman–Crippen MR) is 276 cm³/mol. The summed E-state index contributed by atoms with van der Waals surface area (Å²) in [6, 6.07) is -1.08. The highest BCUT2D eigenvalue weighted by molar-refractivity contribution is 5.88. The summed E-state index contributed by atoms with van der Waals surface area (Å²) in [4.78, 5) is 63.4. The Hall–Kier alpha value is -2.36. The Morgan fingerprint density at radius 1 is 0.471 bits per heavy atom. The van der Waals surface area contributed by atoms with E-state index < -0.39 is 12.1 Å². The van der Waals surface area contributed by atoms with Crippen molar-refractivity contribution in [1.82, 2.24) is 30.2 Å². The normalized spacial score (nSPS) is 15.7. The van der Waals surface area contributed by atoms with E-state index in [0.29, 0.717) is 65.4 Å². The lowest BCUT2D eigenvalue weighted by molar-refractivity contribution is -0.142. The van der Waals surface area contributed by atoms with Crippen LogP contribution in [0.15, 0.2) is 0 Å². The maximum atomic E-state index is 13.8. The predicted octanol–water partition coefficient (Wildman–Crippen LogP) is 8.24. The molecule has 0 aromatic carbocycles. The highest BCUT2D eigenvalue weighted by atomic mass is 16.5. The van der Waals surface area contributed by atoms with Gasteiger partial charge in [-0.05, 0) is 37.5 Å². The molecular weight excluding hydrogens is 861 g/mol. The molecule has 0 aromatic heterocycles. The Morgan fingerprint density at radius 3 is 1.12 bits per heavy atom. The number of carbonyl (C=O) groups is 4. The molecule has 2 aliphatic rings. The van der Waals surface area contributed by atoms with Gasteiger partial charge in [0.15, 0.2) is 0 Å². The molecule has 2 heterocycles. The minimum absolute atomic E-state index is 0.0375. The number of rotatable bonds is 43. The van der Waals surface area contributed by atoms with E-state index in [1.165, 1.54) is 77.0 Å². The minimum Gasteiger partial charge on any atom is -0.379 e. The van der Waals surface area contributed by atoms with Gasteiger partial charge < -0.3 is 39.4 Å². The zero-order chi connectivity index (χ0) is 49.5. The van der Waals surface area contributed by atoms with Gasteiger partial charge in [-0.25, -0.2) is 0 Å². The minimum atomic E-state index is -0.542. The Labute approximate surface area is 415 Å². The number of nitrogens with one attached hydrogen (secondary N) is 2. The first-order chi connectivity index (χ1) is 33.1. The van der Waals surface area contributed by atoms with Crippen molar-refractivity contribution in [2.75, 3.05) is 118 Å². The van der Waals surface area contributed by atoms with Gasteiger partial charge in [-0.2, -0.15) is 0 Å². The summed E-state index contributed by atoms with van der Waals surface area (Å²) in [6.45, 7) is 24.0. The molecule has 14 nitrogen and oxygen atoms in total. The third-order valence-corrected chi connectivity index (χ3v) is 13.5. The molecule has 2 atom stereocenters. The summed E-state index contributed by atoms with van der Waals surface area (Å²) >= 11 is 0. The van der Waals surface area contributed by atoms with E-state index >= 15 is 0 Å². The van der Waals surface area contributed by atoms with Crippen LogP contribution in [0.3, 0.4) is 0 Å². The number of hydrogen-bond acceptors (Lipinski definition) is 10. The highest BCUT2D eigenvalue weighted by Gasteiger charge is 2.33. The highest BCUT2D eigenvalue weighted by Crippen LogP contribution is 2.19. The fourth-order valence-corrected chi connectivity index (χ4v) is 9.51. The van der Waals surface area contributed by atoms with Crippen molar-refractivity contribution >= 4 is 23.6 Å². The molecule has 0 radical (unpaired) electrons. The fourth-order valence-electron chi connectivity index (χ4n) is 9.51. The van der Waals surface area contributed by atoms with Crippen LogP contribution >= 0.6 is 0 Å². The molecule has 2 saturated heterocycles. The summed E-state index contributed by atoms with van der Waals surface area (Å²) in [7, 11) is 0. The third kappa shape index (κ3) is 29.1. The van der Waals surface area contributed by atoms with Crippen LogP contribution in [0.2, 0.25) is 0 Å². The number of ether oxygens (including phenoxy) is 4. The molecule has 68 heavy (non-hydrogen) atoms. The molecular formula is C54H104N6O8. The van der Waals surface area contributed by atoms with E-state index in [0.717, 1.165) is 117 Å². The Morgan fingerprint density at radius 2 is 0.794 bits per heavy atom. The molecule has 2 N–H and O–H groups in total. The summed E-state index contributed by atoms with van der Waals surface area (Å²) < 4.78 is 22.7. The van der Waals surface area contributed by atoms with Gasteiger partial charge in [-0.15, -0.1) is 0 Å². The lowest BCUT2D eigenvalue weighted by Gasteiger charge is -2.35. The van der Waals surface area contributed by atoms with Crippen molar-refractivity contribution in [1.29, 1.82) is 0 Å². The molecule has 2 aliphatic heterocycles. The Bertz CT molecular complexity index is 1170. The number of unbranched alkanes of at least 4 members (excludes halogenated alkanes) is 16. The van der Waals surface area contributed by atoms with Crippen molar-refractivity contribution in [3.05, 3.63) is 0 Å². The quantitative estimate of drug-likeness (QED) is 0.0574. The van der Waals surface area contributed by atoms with E-state index in [9.17, 15) is 19.2 Å². The third-order valence-electron chi connectivity index (χ3n) is 13.5. The van der Waals surface area contributed by atoms with Gasteiger partial charge in [0.1, 0.15) is 12.1 Å². The molecule has 0 bridgehead atoms. The fraction of sp³-hybridized carbons (Fsp3) is 0.926. The van der Waals surface area contributed by atoms with Crippen LogP contribution in [0.4, 0.5) is 0 Å². The number of carbonyl (C=O) groups excluding carboxylic acids is 4. The van der Waals surface area contributed by atoms with Crippen molar-refractivity contribution in [2.24, 2.45) is 11.8 Å². The van der Waals surface area contributed by atoms with E-state index in [1.54, 1.807) is 0 Å². The smallest absolute Gasteiger partial charge is 0.243 e. The lowest BCUT2D eigenvalue weighted by atomic mass is 9.99. The van der Waals surface area contributed by atoms with Gasteiger partial charge in [-0.1, -0.05) is 144 Å². The summed E-state index contributed by atoms with van der Waals surface area (Å²) in [5.41, 5.74) is 0. The average molecular weight is 965 g/mol. The molecule has 2 fully saturated rings. The molecule has 0 aromatic rings. The van der Waals surface area contributed by atoms with Crippen molar-refractivity contribution in [3.8, 4) is 0 Å². The molecule has 398 valence electrons. The zero-order valence-corrected chi connectivity index (χ0v) is 44.6. The summed E-state index contributed by atoms with van der Waals surface area (Å²) in [5.74, 6) is -0.203. The van der Waals surface area contributed by atoms with Crippen LogP contribution in [-0.2, 0) is 38.1 Å². The maximum Gasteiger partial charge on any atom is 0.243 e. The second kappa shape index (κ2) is 41.3. The molecule has 14 heteroatoms. The first-order valence-electron chi connectivity index (χ1n) is 28.0. The number of hydrogen-bond donors (Lipinski definition) is 2. The molecule has 2 unspecified atom stereocenters. The van der Waals surface area contributed by atoms with Crippen LogP contribution in [0.25, 0.3) is 0 Å².